The number of aryl methyl sites for hydroxylation is 1. The highest BCUT2D eigenvalue weighted by atomic mass is 16.2. The molecule has 2 rings (SSSR count). The summed E-state index contributed by atoms with van der Waals surface area (Å²) in [5.74, 6) is -0.215. The van der Waals surface area contributed by atoms with Gasteiger partial charge in [-0.3, -0.25) is 9.59 Å². The van der Waals surface area contributed by atoms with Crippen molar-refractivity contribution < 1.29 is 9.59 Å². The van der Waals surface area contributed by atoms with E-state index in [2.05, 4.69) is 10.6 Å². The second-order valence-electron chi connectivity index (χ2n) is 5.63. The van der Waals surface area contributed by atoms with E-state index in [9.17, 15) is 9.59 Å². The summed E-state index contributed by atoms with van der Waals surface area (Å²) in [5, 5.41) is 5.65. The second kappa shape index (κ2) is 8.72. The third-order valence-corrected chi connectivity index (χ3v) is 3.56. The van der Waals surface area contributed by atoms with Crippen molar-refractivity contribution in [1.82, 2.24) is 5.32 Å². The van der Waals surface area contributed by atoms with Gasteiger partial charge in [0.15, 0.2) is 0 Å². The average Bonchev–Trinajstić information content (AvgIpc) is 2.59. The molecule has 24 heavy (non-hydrogen) atoms. The van der Waals surface area contributed by atoms with Crippen molar-refractivity contribution in [2.45, 2.75) is 26.2 Å². The maximum atomic E-state index is 12.1. The molecule has 5 heteroatoms. The summed E-state index contributed by atoms with van der Waals surface area (Å²) in [6.07, 6.45) is 1.90. The van der Waals surface area contributed by atoms with Crippen LogP contribution < -0.4 is 16.4 Å². The van der Waals surface area contributed by atoms with Crippen LogP contribution in [0.5, 0.6) is 0 Å². The Labute approximate surface area is 142 Å². The first-order valence-corrected chi connectivity index (χ1v) is 8.11. The van der Waals surface area contributed by atoms with Crippen molar-refractivity contribution in [3.8, 4) is 0 Å². The summed E-state index contributed by atoms with van der Waals surface area (Å²) in [6.45, 7) is 2.63. The number of nitrogens with one attached hydrogen (secondary N) is 2. The zero-order valence-corrected chi connectivity index (χ0v) is 13.8. The topological polar surface area (TPSA) is 84.2 Å². The molecule has 0 bridgehead atoms. The van der Waals surface area contributed by atoms with Gasteiger partial charge < -0.3 is 16.4 Å². The standard InChI is InChI=1S/C19H23N3O2/c1-2-12-21-19(24)15-4-3-5-17(13-15)22-18(23)11-8-14-6-9-16(20)10-7-14/h3-7,9-10,13H,2,8,11-12,20H2,1H3,(H,21,24)(H,22,23). The molecule has 2 aromatic rings. The largest absolute Gasteiger partial charge is 0.399 e. The summed E-state index contributed by atoms with van der Waals surface area (Å²) in [4.78, 5) is 24.0. The molecule has 0 unspecified atom stereocenters. The minimum Gasteiger partial charge on any atom is -0.399 e. The molecular formula is C19H23N3O2. The van der Waals surface area contributed by atoms with E-state index in [1.54, 1.807) is 24.3 Å². The third kappa shape index (κ3) is 5.43. The van der Waals surface area contributed by atoms with E-state index < -0.39 is 0 Å². The maximum absolute atomic E-state index is 12.1. The Morgan fingerprint density at radius 3 is 2.54 bits per heavy atom. The van der Waals surface area contributed by atoms with Crippen LogP contribution in [0.1, 0.15) is 35.7 Å². The summed E-state index contributed by atoms with van der Waals surface area (Å²) < 4.78 is 0. The molecule has 2 aromatic carbocycles. The third-order valence-electron chi connectivity index (χ3n) is 3.56. The number of hydrogen-bond donors (Lipinski definition) is 3. The molecular weight excluding hydrogens is 302 g/mol. The Bertz CT molecular complexity index is 696. The Hall–Kier alpha value is -2.82. The van der Waals surface area contributed by atoms with Crippen LogP contribution >= 0.6 is 0 Å². The van der Waals surface area contributed by atoms with Gasteiger partial charge in [-0.1, -0.05) is 25.1 Å². The van der Waals surface area contributed by atoms with Crippen molar-refractivity contribution in [2.24, 2.45) is 0 Å². The second-order valence-corrected chi connectivity index (χ2v) is 5.63. The smallest absolute Gasteiger partial charge is 0.251 e. The van der Waals surface area contributed by atoms with Crippen LogP contribution in [-0.2, 0) is 11.2 Å². The van der Waals surface area contributed by atoms with Crippen LogP contribution in [0.4, 0.5) is 11.4 Å². The number of rotatable bonds is 7. The van der Waals surface area contributed by atoms with E-state index in [1.807, 2.05) is 31.2 Å². The van der Waals surface area contributed by atoms with Crippen molar-refractivity contribution >= 4 is 23.2 Å². The Balaban J connectivity index is 1.89. The molecule has 0 heterocycles. The number of anilines is 2. The lowest BCUT2D eigenvalue weighted by atomic mass is 10.1. The molecule has 0 radical (unpaired) electrons. The minimum atomic E-state index is -0.130. The first-order valence-electron chi connectivity index (χ1n) is 8.11. The number of hydrogen-bond acceptors (Lipinski definition) is 3. The van der Waals surface area contributed by atoms with Gasteiger partial charge in [0.05, 0.1) is 0 Å². The highest BCUT2D eigenvalue weighted by molar-refractivity contribution is 5.97. The number of nitrogen functional groups attached to an aromatic ring is 1. The van der Waals surface area contributed by atoms with E-state index in [0.29, 0.717) is 36.3 Å². The van der Waals surface area contributed by atoms with Crippen molar-refractivity contribution in [2.75, 3.05) is 17.6 Å². The molecule has 126 valence electrons. The zero-order valence-electron chi connectivity index (χ0n) is 13.8. The van der Waals surface area contributed by atoms with Crippen LogP contribution in [0.2, 0.25) is 0 Å². The molecule has 0 aliphatic carbocycles. The van der Waals surface area contributed by atoms with E-state index in [0.717, 1.165) is 12.0 Å². The molecule has 0 aromatic heterocycles. The Kier molecular flexibility index (Phi) is 6.37. The number of nitrogens with two attached hydrogens (primary N) is 1. The van der Waals surface area contributed by atoms with Gasteiger partial charge >= 0.3 is 0 Å². The van der Waals surface area contributed by atoms with Crippen LogP contribution in [-0.4, -0.2) is 18.4 Å². The highest BCUT2D eigenvalue weighted by Gasteiger charge is 2.07. The summed E-state index contributed by atoms with van der Waals surface area (Å²) in [6, 6.07) is 14.4. The maximum Gasteiger partial charge on any atom is 0.251 e. The van der Waals surface area contributed by atoms with Crippen molar-refractivity contribution in [3.63, 3.8) is 0 Å². The zero-order chi connectivity index (χ0) is 17.4. The Morgan fingerprint density at radius 1 is 1.08 bits per heavy atom. The fraction of sp³-hybridized carbons (Fsp3) is 0.263. The first kappa shape index (κ1) is 17.5. The van der Waals surface area contributed by atoms with Gasteiger partial charge in [-0.2, -0.15) is 0 Å². The van der Waals surface area contributed by atoms with Gasteiger partial charge in [0.1, 0.15) is 0 Å². The molecule has 0 spiro atoms. The molecule has 0 atom stereocenters. The molecule has 4 N–H and O–H groups in total. The first-order chi connectivity index (χ1) is 11.6. The van der Waals surface area contributed by atoms with Gasteiger partial charge in [-0.15, -0.1) is 0 Å². The quantitative estimate of drug-likeness (QED) is 0.684. The molecule has 0 fully saturated rings. The molecule has 0 saturated heterocycles. The normalized spacial score (nSPS) is 10.2. The summed E-state index contributed by atoms with van der Waals surface area (Å²) >= 11 is 0. The summed E-state index contributed by atoms with van der Waals surface area (Å²) in [5.41, 5.74) is 8.58. The molecule has 0 saturated carbocycles. The molecule has 5 nitrogen and oxygen atoms in total. The van der Waals surface area contributed by atoms with Gasteiger partial charge in [0.2, 0.25) is 5.91 Å². The predicted molar refractivity (Wildman–Crippen MR) is 96.9 cm³/mol. The van der Waals surface area contributed by atoms with Gasteiger partial charge in [-0.05, 0) is 48.7 Å². The number of carbonyl (C=O) groups excluding carboxylic acids is 2. The van der Waals surface area contributed by atoms with Crippen molar-refractivity contribution in [3.05, 3.63) is 59.7 Å². The SMILES string of the molecule is CCCNC(=O)c1cccc(NC(=O)CCc2ccc(N)cc2)c1. The fourth-order valence-electron chi connectivity index (χ4n) is 2.24. The lowest BCUT2D eigenvalue weighted by Crippen LogP contribution is -2.24. The van der Waals surface area contributed by atoms with E-state index in [1.165, 1.54) is 0 Å². The van der Waals surface area contributed by atoms with Crippen LogP contribution in [0.15, 0.2) is 48.5 Å². The number of carbonyl (C=O) groups is 2. The molecule has 0 aliphatic heterocycles. The summed E-state index contributed by atoms with van der Waals surface area (Å²) in [7, 11) is 0. The van der Waals surface area contributed by atoms with Gasteiger partial charge in [0.25, 0.3) is 5.91 Å². The average molecular weight is 325 g/mol. The fourth-order valence-corrected chi connectivity index (χ4v) is 2.24. The lowest BCUT2D eigenvalue weighted by molar-refractivity contribution is -0.116. The van der Waals surface area contributed by atoms with E-state index >= 15 is 0 Å². The lowest BCUT2D eigenvalue weighted by Gasteiger charge is -2.08. The monoisotopic (exact) mass is 325 g/mol. The van der Waals surface area contributed by atoms with Crippen LogP contribution in [0.3, 0.4) is 0 Å². The Morgan fingerprint density at radius 2 is 1.83 bits per heavy atom. The number of amides is 2. The van der Waals surface area contributed by atoms with Crippen molar-refractivity contribution in [1.29, 1.82) is 0 Å². The van der Waals surface area contributed by atoms with E-state index in [-0.39, 0.29) is 11.8 Å². The van der Waals surface area contributed by atoms with Crippen LogP contribution in [0.25, 0.3) is 0 Å². The van der Waals surface area contributed by atoms with Gasteiger partial charge in [0, 0.05) is 29.9 Å². The minimum absolute atomic E-state index is 0.0852. The predicted octanol–water partition coefficient (Wildman–Crippen LogP) is 2.98. The molecule has 2 amide bonds. The van der Waals surface area contributed by atoms with Gasteiger partial charge in [-0.25, -0.2) is 0 Å². The molecule has 0 aliphatic rings. The van der Waals surface area contributed by atoms with E-state index in [4.69, 9.17) is 5.73 Å². The highest BCUT2D eigenvalue weighted by Crippen LogP contribution is 2.12. The number of benzene rings is 2. The van der Waals surface area contributed by atoms with Crippen LogP contribution in [0, 0.1) is 0 Å².